The number of nitrogens with zero attached hydrogens (tertiary/aromatic N) is 2. The first-order chi connectivity index (χ1) is 12.6. The van der Waals surface area contributed by atoms with Crippen molar-refractivity contribution in [2.75, 3.05) is 16.9 Å². The van der Waals surface area contributed by atoms with Crippen LogP contribution in [-0.4, -0.2) is 27.7 Å². The van der Waals surface area contributed by atoms with Gasteiger partial charge in [-0.15, -0.1) is 0 Å². The van der Waals surface area contributed by atoms with Gasteiger partial charge in [0.05, 0.1) is 6.20 Å². The Morgan fingerprint density at radius 3 is 2.19 bits per heavy atom. The van der Waals surface area contributed by atoms with Crippen LogP contribution >= 0.6 is 11.8 Å². The minimum absolute atomic E-state index is 0.280. The SMILES string of the molecule is CSc1ncc(C(=O)Nc2ccc(NC(N)=O)cc2)n1-c1ccccc1. The van der Waals surface area contributed by atoms with Crippen molar-refractivity contribution in [2.45, 2.75) is 5.16 Å². The maximum absolute atomic E-state index is 12.7. The highest BCUT2D eigenvalue weighted by atomic mass is 32.2. The summed E-state index contributed by atoms with van der Waals surface area (Å²) in [5.74, 6) is -0.280. The first kappa shape index (κ1) is 17.6. The van der Waals surface area contributed by atoms with Crippen LogP contribution in [0.4, 0.5) is 16.2 Å². The van der Waals surface area contributed by atoms with Gasteiger partial charge in [-0.3, -0.25) is 9.36 Å². The number of thioether (sulfide) groups is 1. The van der Waals surface area contributed by atoms with Crippen molar-refractivity contribution in [3.05, 3.63) is 66.5 Å². The molecule has 1 aromatic heterocycles. The number of aromatic nitrogens is 2. The van der Waals surface area contributed by atoms with Crippen LogP contribution in [0, 0.1) is 0 Å². The average molecular weight is 367 g/mol. The van der Waals surface area contributed by atoms with Crippen LogP contribution in [0.25, 0.3) is 5.69 Å². The highest BCUT2D eigenvalue weighted by Gasteiger charge is 2.17. The molecule has 0 radical (unpaired) electrons. The van der Waals surface area contributed by atoms with Crippen LogP contribution in [0.15, 0.2) is 66.0 Å². The zero-order valence-corrected chi connectivity index (χ0v) is 14.8. The van der Waals surface area contributed by atoms with Gasteiger partial charge in [-0.2, -0.15) is 0 Å². The molecule has 0 aliphatic rings. The van der Waals surface area contributed by atoms with Gasteiger partial charge in [-0.25, -0.2) is 9.78 Å². The second kappa shape index (κ2) is 7.75. The van der Waals surface area contributed by atoms with Crippen molar-refractivity contribution in [3.63, 3.8) is 0 Å². The standard InChI is InChI=1S/C18H17N5O2S/c1-26-18-20-11-15(23(18)14-5-3-2-4-6-14)16(24)21-12-7-9-13(10-8-12)22-17(19)25/h2-11H,1H3,(H,21,24)(H3,19,22,25). The third-order valence-electron chi connectivity index (χ3n) is 3.57. The molecule has 3 aromatic rings. The molecule has 0 atom stereocenters. The number of benzene rings is 2. The quantitative estimate of drug-likeness (QED) is 0.602. The molecule has 3 amide bonds. The number of carbonyl (C=O) groups is 2. The lowest BCUT2D eigenvalue weighted by Crippen LogP contribution is -2.19. The number of nitrogens with one attached hydrogen (secondary N) is 2. The van der Waals surface area contributed by atoms with Crippen LogP contribution < -0.4 is 16.4 Å². The summed E-state index contributed by atoms with van der Waals surface area (Å²) in [6.45, 7) is 0. The van der Waals surface area contributed by atoms with Crippen LogP contribution in [0.5, 0.6) is 0 Å². The van der Waals surface area contributed by atoms with E-state index in [1.54, 1.807) is 30.5 Å². The van der Waals surface area contributed by atoms with Crippen molar-refractivity contribution in [1.82, 2.24) is 9.55 Å². The van der Waals surface area contributed by atoms with E-state index in [4.69, 9.17) is 5.73 Å². The minimum Gasteiger partial charge on any atom is -0.351 e. The fourth-order valence-corrected chi connectivity index (χ4v) is 2.98. The van der Waals surface area contributed by atoms with E-state index < -0.39 is 6.03 Å². The number of imidazole rings is 1. The van der Waals surface area contributed by atoms with Crippen LogP contribution in [0.2, 0.25) is 0 Å². The van der Waals surface area contributed by atoms with E-state index in [1.807, 2.05) is 41.2 Å². The number of amides is 3. The molecule has 0 aliphatic heterocycles. The molecule has 1 heterocycles. The third-order valence-corrected chi connectivity index (χ3v) is 4.22. The molecule has 3 rings (SSSR count). The van der Waals surface area contributed by atoms with E-state index in [0.29, 0.717) is 17.1 Å². The van der Waals surface area contributed by atoms with Gasteiger partial charge in [0, 0.05) is 17.1 Å². The summed E-state index contributed by atoms with van der Waals surface area (Å²) in [4.78, 5) is 27.9. The van der Waals surface area contributed by atoms with Gasteiger partial charge >= 0.3 is 6.03 Å². The molecular weight excluding hydrogens is 350 g/mol. The van der Waals surface area contributed by atoms with Gasteiger partial charge in [-0.1, -0.05) is 30.0 Å². The van der Waals surface area contributed by atoms with E-state index in [9.17, 15) is 9.59 Å². The molecule has 132 valence electrons. The Balaban J connectivity index is 1.84. The van der Waals surface area contributed by atoms with E-state index >= 15 is 0 Å². The number of carbonyl (C=O) groups excluding carboxylic acids is 2. The maximum atomic E-state index is 12.7. The van der Waals surface area contributed by atoms with Crippen molar-refractivity contribution < 1.29 is 9.59 Å². The highest BCUT2D eigenvalue weighted by molar-refractivity contribution is 7.98. The van der Waals surface area contributed by atoms with E-state index in [1.165, 1.54) is 11.8 Å². The van der Waals surface area contributed by atoms with Gasteiger partial charge in [0.2, 0.25) is 0 Å². The molecule has 0 saturated carbocycles. The normalized spacial score (nSPS) is 10.3. The van der Waals surface area contributed by atoms with Crippen LogP contribution in [0.1, 0.15) is 10.5 Å². The molecule has 8 heteroatoms. The summed E-state index contributed by atoms with van der Waals surface area (Å²) in [6.07, 6.45) is 3.46. The first-order valence-corrected chi connectivity index (χ1v) is 8.96. The maximum Gasteiger partial charge on any atom is 0.316 e. The lowest BCUT2D eigenvalue weighted by Gasteiger charge is -2.11. The average Bonchev–Trinajstić information content (AvgIpc) is 3.08. The van der Waals surface area contributed by atoms with Crippen LogP contribution in [0.3, 0.4) is 0 Å². The molecule has 0 saturated heterocycles. The topological polar surface area (TPSA) is 102 Å². The molecule has 4 N–H and O–H groups in total. The highest BCUT2D eigenvalue weighted by Crippen LogP contribution is 2.22. The fourth-order valence-electron chi connectivity index (χ4n) is 2.44. The molecule has 0 unspecified atom stereocenters. The Morgan fingerprint density at radius 2 is 1.62 bits per heavy atom. The zero-order valence-electron chi connectivity index (χ0n) is 14.0. The molecule has 0 aliphatic carbocycles. The molecule has 2 aromatic carbocycles. The molecule has 0 fully saturated rings. The van der Waals surface area contributed by atoms with Crippen molar-refractivity contribution in [2.24, 2.45) is 5.73 Å². The molecule has 26 heavy (non-hydrogen) atoms. The molecule has 7 nitrogen and oxygen atoms in total. The third kappa shape index (κ3) is 3.86. The van der Waals surface area contributed by atoms with Gasteiger partial charge in [-0.05, 0) is 42.7 Å². The second-order valence-corrected chi connectivity index (χ2v) is 6.10. The second-order valence-electron chi connectivity index (χ2n) is 5.32. The first-order valence-electron chi connectivity index (χ1n) is 7.73. The smallest absolute Gasteiger partial charge is 0.316 e. The van der Waals surface area contributed by atoms with Gasteiger partial charge in [0.15, 0.2) is 5.16 Å². The Hall–Kier alpha value is -3.26. The van der Waals surface area contributed by atoms with Gasteiger partial charge in [0.25, 0.3) is 5.91 Å². The number of para-hydroxylation sites is 1. The summed E-state index contributed by atoms with van der Waals surface area (Å²) in [7, 11) is 0. The van der Waals surface area contributed by atoms with Crippen molar-refractivity contribution in [3.8, 4) is 5.69 Å². The summed E-state index contributed by atoms with van der Waals surface area (Å²) in [6, 6.07) is 15.6. The van der Waals surface area contributed by atoms with Crippen LogP contribution in [-0.2, 0) is 0 Å². The van der Waals surface area contributed by atoms with Gasteiger partial charge in [0.1, 0.15) is 5.69 Å². The predicted molar refractivity (Wildman–Crippen MR) is 103 cm³/mol. The van der Waals surface area contributed by atoms with E-state index in [-0.39, 0.29) is 5.91 Å². The summed E-state index contributed by atoms with van der Waals surface area (Å²) < 4.78 is 1.81. The Kier molecular flexibility index (Phi) is 5.23. The number of urea groups is 1. The lowest BCUT2D eigenvalue weighted by molar-refractivity contribution is 0.102. The summed E-state index contributed by atoms with van der Waals surface area (Å²) >= 11 is 1.46. The van der Waals surface area contributed by atoms with Crippen molar-refractivity contribution >= 4 is 35.1 Å². The molecule has 0 bridgehead atoms. The van der Waals surface area contributed by atoms with E-state index in [0.717, 1.165) is 10.8 Å². The monoisotopic (exact) mass is 367 g/mol. The Labute approximate surface area is 154 Å². The number of anilines is 2. The Morgan fingerprint density at radius 1 is 1.00 bits per heavy atom. The summed E-state index contributed by atoms with van der Waals surface area (Å²) in [5, 5.41) is 6.03. The number of primary amides is 1. The van der Waals surface area contributed by atoms with E-state index in [2.05, 4.69) is 15.6 Å². The van der Waals surface area contributed by atoms with Gasteiger partial charge < -0.3 is 16.4 Å². The predicted octanol–water partition coefficient (Wildman–Crippen LogP) is 3.34. The number of hydrogen-bond acceptors (Lipinski definition) is 4. The summed E-state index contributed by atoms with van der Waals surface area (Å²) in [5.41, 5.74) is 7.51. The van der Waals surface area contributed by atoms with Crippen molar-refractivity contribution in [1.29, 1.82) is 0 Å². The molecule has 0 spiro atoms. The fraction of sp³-hybridized carbons (Fsp3) is 0.0556. The number of rotatable bonds is 5. The Bertz CT molecular complexity index is 923. The molecular formula is C18H17N5O2S. The minimum atomic E-state index is -0.641. The number of nitrogens with two attached hydrogens (primary N) is 1. The zero-order chi connectivity index (χ0) is 18.5. The lowest BCUT2D eigenvalue weighted by atomic mass is 10.2. The largest absolute Gasteiger partial charge is 0.351 e. The number of hydrogen-bond donors (Lipinski definition) is 3.